The van der Waals surface area contributed by atoms with Gasteiger partial charge in [-0.1, -0.05) is 37.3 Å². The monoisotopic (exact) mass is 191 g/mol. The Kier molecular flexibility index (Phi) is 3.40. The van der Waals surface area contributed by atoms with E-state index >= 15 is 0 Å². The van der Waals surface area contributed by atoms with Gasteiger partial charge in [0.1, 0.15) is 0 Å². The third kappa shape index (κ3) is 2.69. The fourth-order valence-corrected chi connectivity index (χ4v) is 1.28. The average molecular weight is 191 g/mol. The van der Waals surface area contributed by atoms with Gasteiger partial charge in [-0.05, 0) is 11.6 Å². The van der Waals surface area contributed by atoms with Crippen molar-refractivity contribution in [2.45, 2.75) is 19.8 Å². The molecule has 74 valence electrons. The van der Waals surface area contributed by atoms with Gasteiger partial charge in [0.25, 0.3) is 0 Å². The van der Waals surface area contributed by atoms with Crippen LogP contribution in [0.15, 0.2) is 42.1 Å². The average Bonchev–Trinajstić information content (AvgIpc) is 2.19. The smallest absolute Gasteiger partial charge is 0.239 e. The largest absolute Gasteiger partial charge is 0.259 e. The highest BCUT2D eigenvalue weighted by molar-refractivity contribution is 5.23. The Morgan fingerprint density at radius 1 is 1.43 bits per heavy atom. The van der Waals surface area contributed by atoms with Gasteiger partial charge < -0.3 is 0 Å². The maximum absolute atomic E-state index is 10.4. The van der Waals surface area contributed by atoms with Crippen LogP contribution in [0, 0.1) is 10.1 Å². The van der Waals surface area contributed by atoms with Crippen LogP contribution >= 0.6 is 0 Å². The summed E-state index contributed by atoms with van der Waals surface area (Å²) in [6, 6.07) is 9.73. The molecule has 14 heavy (non-hydrogen) atoms. The summed E-state index contributed by atoms with van der Waals surface area (Å²) in [6.07, 6.45) is 1.66. The molecule has 1 atom stereocenters. The summed E-state index contributed by atoms with van der Waals surface area (Å²) in [5.74, 6) is 0.0848. The first-order valence-corrected chi connectivity index (χ1v) is 4.49. The summed E-state index contributed by atoms with van der Waals surface area (Å²) < 4.78 is 0. The minimum absolute atomic E-state index is 0.0848. The Balaban J connectivity index is 2.82. The van der Waals surface area contributed by atoms with Gasteiger partial charge in [0, 0.05) is 12.8 Å². The molecule has 0 fully saturated rings. The Labute approximate surface area is 83.2 Å². The first-order valence-electron chi connectivity index (χ1n) is 4.49. The fraction of sp³-hybridized carbons (Fsp3) is 0.273. The van der Waals surface area contributed by atoms with Crippen LogP contribution in [0.1, 0.15) is 25.3 Å². The van der Waals surface area contributed by atoms with E-state index < -0.39 is 0 Å². The van der Waals surface area contributed by atoms with Crippen molar-refractivity contribution in [1.29, 1.82) is 0 Å². The zero-order valence-electron chi connectivity index (χ0n) is 8.31. The Hall–Kier alpha value is -1.64. The van der Waals surface area contributed by atoms with Gasteiger partial charge in [0.15, 0.2) is 0 Å². The van der Waals surface area contributed by atoms with E-state index in [4.69, 9.17) is 0 Å². The Morgan fingerprint density at radius 3 is 2.50 bits per heavy atom. The van der Waals surface area contributed by atoms with Gasteiger partial charge in [-0.2, -0.15) is 0 Å². The van der Waals surface area contributed by atoms with E-state index in [-0.39, 0.29) is 16.5 Å². The highest BCUT2D eigenvalue weighted by atomic mass is 16.6. The molecular formula is C11H13NO2. The third-order valence-electron chi connectivity index (χ3n) is 2.10. The second kappa shape index (κ2) is 4.56. The predicted octanol–water partition coefficient (Wildman–Crippen LogP) is 2.97. The molecule has 0 heterocycles. The minimum Gasteiger partial charge on any atom is -0.259 e. The maximum atomic E-state index is 10.4. The van der Waals surface area contributed by atoms with Gasteiger partial charge in [-0.3, -0.25) is 10.1 Å². The maximum Gasteiger partial charge on any atom is 0.239 e. The van der Waals surface area contributed by atoms with Crippen molar-refractivity contribution < 1.29 is 4.92 Å². The second-order valence-electron chi connectivity index (χ2n) is 3.26. The number of hydrogen-bond acceptors (Lipinski definition) is 2. The van der Waals surface area contributed by atoms with Gasteiger partial charge in [0.2, 0.25) is 5.70 Å². The molecule has 0 saturated heterocycles. The van der Waals surface area contributed by atoms with Crippen LogP contribution in [0.25, 0.3) is 0 Å². The lowest BCUT2D eigenvalue weighted by Gasteiger charge is -2.05. The zero-order valence-corrected chi connectivity index (χ0v) is 8.31. The molecule has 0 spiro atoms. The number of rotatable bonds is 3. The molecule has 3 heteroatoms. The lowest BCUT2D eigenvalue weighted by atomic mass is 10.0. The molecule has 1 rings (SSSR count). The summed E-state index contributed by atoms with van der Waals surface area (Å²) in [4.78, 5) is 10.0. The van der Waals surface area contributed by atoms with Gasteiger partial charge in [-0.15, -0.1) is 0 Å². The highest BCUT2D eigenvalue weighted by Crippen LogP contribution is 2.17. The summed E-state index contributed by atoms with van der Waals surface area (Å²) in [5.41, 5.74) is 1.29. The molecule has 0 unspecified atom stereocenters. The van der Waals surface area contributed by atoms with Crippen LogP contribution in [-0.4, -0.2) is 4.92 Å². The van der Waals surface area contributed by atoms with Crippen molar-refractivity contribution in [2.75, 3.05) is 0 Å². The predicted molar refractivity (Wildman–Crippen MR) is 55.6 cm³/mol. The summed E-state index contributed by atoms with van der Waals surface area (Å²) in [7, 11) is 0. The van der Waals surface area contributed by atoms with Gasteiger partial charge in [0.05, 0.1) is 4.92 Å². The van der Waals surface area contributed by atoms with E-state index in [2.05, 4.69) is 0 Å². The van der Waals surface area contributed by atoms with Crippen LogP contribution in [0.2, 0.25) is 0 Å². The molecule has 0 aromatic heterocycles. The van der Waals surface area contributed by atoms with Crippen molar-refractivity contribution in [3.05, 3.63) is 57.8 Å². The van der Waals surface area contributed by atoms with Crippen LogP contribution < -0.4 is 0 Å². The molecule has 3 nitrogen and oxygen atoms in total. The molecule has 0 aliphatic rings. The summed E-state index contributed by atoms with van der Waals surface area (Å²) >= 11 is 0. The molecule has 0 bridgehead atoms. The quantitative estimate of drug-likeness (QED) is 0.544. The van der Waals surface area contributed by atoms with Crippen LogP contribution in [0.5, 0.6) is 0 Å². The summed E-state index contributed by atoms with van der Waals surface area (Å²) in [6.45, 7) is 3.46. The van der Waals surface area contributed by atoms with Gasteiger partial charge >= 0.3 is 0 Å². The van der Waals surface area contributed by atoms with E-state index in [1.165, 1.54) is 6.92 Å². The number of nitrogens with zero attached hydrogens (tertiary/aromatic N) is 1. The molecule has 1 aromatic rings. The van der Waals surface area contributed by atoms with E-state index in [0.717, 1.165) is 5.56 Å². The number of hydrogen-bond donors (Lipinski definition) is 0. The van der Waals surface area contributed by atoms with Gasteiger partial charge in [-0.25, -0.2) is 0 Å². The molecule has 1 aromatic carbocycles. The van der Waals surface area contributed by atoms with E-state index in [1.54, 1.807) is 6.08 Å². The molecule has 0 aliphatic carbocycles. The SMILES string of the molecule is C/C(=C/[C@H](C)c1ccccc1)[N+](=O)[O-]. The molecule has 0 radical (unpaired) electrons. The summed E-state index contributed by atoms with van der Waals surface area (Å²) in [5, 5.41) is 10.4. The van der Waals surface area contributed by atoms with Crippen molar-refractivity contribution >= 4 is 0 Å². The van der Waals surface area contributed by atoms with E-state index in [0.29, 0.717) is 0 Å². The first-order chi connectivity index (χ1) is 6.61. The van der Waals surface area contributed by atoms with Crippen molar-refractivity contribution in [1.82, 2.24) is 0 Å². The second-order valence-corrected chi connectivity index (χ2v) is 3.26. The van der Waals surface area contributed by atoms with E-state index in [1.807, 2.05) is 37.3 Å². The molecule has 0 saturated carbocycles. The number of benzene rings is 1. The lowest BCUT2D eigenvalue weighted by Crippen LogP contribution is -1.97. The van der Waals surface area contributed by atoms with Crippen LogP contribution in [-0.2, 0) is 0 Å². The number of nitro groups is 1. The van der Waals surface area contributed by atoms with Crippen molar-refractivity contribution in [3.8, 4) is 0 Å². The fourth-order valence-electron chi connectivity index (χ4n) is 1.28. The number of allylic oxidation sites excluding steroid dienone is 2. The topological polar surface area (TPSA) is 43.1 Å². The highest BCUT2D eigenvalue weighted by Gasteiger charge is 2.07. The van der Waals surface area contributed by atoms with Crippen molar-refractivity contribution in [3.63, 3.8) is 0 Å². The third-order valence-corrected chi connectivity index (χ3v) is 2.10. The standard InChI is InChI=1S/C11H13NO2/c1-9(8-10(2)12(13)14)11-6-4-3-5-7-11/h3-9H,1-2H3/b10-8-/t9-/m0/s1. The van der Waals surface area contributed by atoms with Crippen molar-refractivity contribution in [2.24, 2.45) is 0 Å². The first kappa shape index (κ1) is 10.4. The normalized spacial score (nSPS) is 13.7. The molecule has 0 N–H and O–H groups in total. The van der Waals surface area contributed by atoms with Crippen LogP contribution in [0.3, 0.4) is 0 Å². The lowest BCUT2D eigenvalue weighted by molar-refractivity contribution is -0.424. The Bertz CT molecular complexity index is 344. The molecule has 0 aliphatic heterocycles. The molecular weight excluding hydrogens is 178 g/mol. The van der Waals surface area contributed by atoms with Crippen LogP contribution in [0.4, 0.5) is 0 Å². The Morgan fingerprint density at radius 2 is 2.00 bits per heavy atom. The zero-order chi connectivity index (χ0) is 10.6. The minimum atomic E-state index is -0.362. The van der Waals surface area contributed by atoms with E-state index in [9.17, 15) is 10.1 Å². The molecule has 0 amide bonds.